The maximum Gasteiger partial charge on any atom is 0.311 e. The fourth-order valence-electron chi connectivity index (χ4n) is 4.06. The van der Waals surface area contributed by atoms with Crippen molar-refractivity contribution in [2.45, 2.75) is 65.5 Å². The number of carbonyl (C=O) groups excluding carboxylic acids is 4. The monoisotopic (exact) mass is 395 g/mol. The first kappa shape index (κ1) is 22.2. The highest BCUT2D eigenvalue weighted by Gasteiger charge is 2.42. The van der Waals surface area contributed by atoms with Gasteiger partial charge < -0.3 is 20.3 Å². The molecule has 28 heavy (non-hydrogen) atoms. The number of nitrogens with zero attached hydrogens (tertiary/aromatic N) is 1. The zero-order valence-corrected chi connectivity index (χ0v) is 17.3. The molecule has 8 heteroatoms. The Bertz CT molecular complexity index is 607. The summed E-state index contributed by atoms with van der Waals surface area (Å²) in [6.07, 6.45) is 3.38. The van der Waals surface area contributed by atoms with E-state index in [1.54, 1.807) is 0 Å². The molecule has 4 atom stereocenters. The SMILES string of the molecule is CC(C)NC(=O)CNC(=O)COC(=O)[C@@H]1CC(=O)N([C@@H]2CCC[C@H](C)[C@H]2C)C1. The van der Waals surface area contributed by atoms with E-state index in [1.807, 2.05) is 18.7 Å². The first-order valence-electron chi connectivity index (χ1n) is 10.2. The van der Waals surface area contributed by atoms with E-state index in [1.165, 1.54) is 6.42 Å². The average Bonchev–Trinajstić information content (AvgIpc) is 3.01. The van der Waals surface area contributed by atoms with Gasteiger partial charge in [-0.05, 0) is 32.1 Å². The molecule has 1 aliphatic heterocycles. The van der Waals surface area contributed by atoms with E-state index in [-0.39, 0.29) is 36.9 Å². The quantitative estimate of drug-likeness (QED) is 0.622. The van der Waals surface area contributed by atoms with Crippen molar-refractivity contribution in [3.8, 4) is 0 Å². The summed E-state index contributed by atoms with van der Waals surface area (Å²) < 4.78 is 5.07. The van der Waals surface area contributed by atoms with Gasteiger partial charge in [0.05, 0.1) is 12.5 Å². The molecule has 158 valence electrons. The number of ether oxygens (including phenoxy) is 1. The Morgan fingerprint density at radius 1 is 1.18 bits per heavy atom. The summed E-state index contributed by atoms with van der Waals surface area (Å²) in [5, 5.41) is 5.06. The summed E-state index contributed by atoms with van der Waals surface area (Å²) in [5.74, 6) is -0.944. The van der Waals surface area contributed by atoms with Crippen LogP contribution in [0.15, 0.2) is 0 Å². The predicted molar refractivity (Wildman–Crippen MR) is 103 cm³/mol. The average molecular weight is 396 g/mol. The summed E-state index contributed by atoms with van der Waals surface area (Å²) in [6.45, 7) is 7.77. The molecule has 0 radical (unpaired) electrons. The topological polar surface area (TPSA) is 105 Å². The molecule has 8 nitrogen and oxygen atoms in total. The molecular formula is C20H33N3O5. The van der Waals surface area contributed by atoms with Crippen LogP contribution in [0, 0.1) is 17.8 Å². The van der Waals surface area contributed by atoms with Gasteiger partial charge in [0.1, 0.15) is 0 Å². The maximum absolute atomic E-state index is 12.4. The van der Waals surface area contributed by atoms with Crippen molar-refractivity contribution in [3.05, 3.63) is 0 Å². The molecule has 1 saturated carbocycles. The second kappa shape index (κ2) is 9.89. The third-order valence-corrected chi connectivity index (χ3v) is 5.80. The highest BCUT2D eigenvalue weighted by molar-refractivity contribution is 5.89. The lowest BCUT2D eigenvalue weighted by atomic mass is 9.77. The number of likely N-dealkylation sites (tertiary alicyclic amines) is 1. The molecule has 2 fully saturated rings. The molecule has 0 unspecified atom stereocenters. The molecule has 0 aromatic heterocycles. The van der Waals surface area contributed by atoms with Crippen LogP contribution < -0.4 is 10.6 Å². The molecule has 1 saturated heterocycles. The summed E-state index contributed by atoms with van der Waals surface area (Å²) in [6, 6.07) is 0.164. The van der Waals surface area contributed by atoms with Gasteiger partial charge in [-0.15, -0.1) is 0 Å². The van der Waals surface area contributed by atoms with Crippen LogP contribution in [0.5, 0.6) is 0 Å². The normalized spacial score (nSPS) is 27.6. The molecule has 0 spiro atoms. The van der Waals surface area contributed by atoms with E-state index in [4.69, 9.17) is 4.74 Å². The smallest absolute Gasteiger partial charge is 0.311 e. The Hall–Kier alpha value is -2.12. The maximum atomic E-state index is 12.4. The van der Waals surface area contributed by atoms with Crippen molar-refractivity contribution in [1.29, 1.82) is 0 Å². The minimum Gasteiger partial charge on any atom is -0.455 e. The standard InChI is InChI=1S/C20H33N3O5/c1-12(2)22-17(24)9-21-18(25)11-28-20(27)15-8-19(26)23(10-15)16-7-5-6-13(3)14(16)4/h12-16H,5-11H2,1-4H3,(H,21,25)(H,22,24)/t13-,14+,15+,16+/m0/s1. The summed E-state index contributed by atoms with van der Waals surface area (Å²) >= 11 is 0. The second-order valence-corrected chi connectivity index (χ2v) is 8.39. The molecule has 2 aliphatic rings. The van der Waals surface area contributed by atoms with E-state index in [2.05, 4.69) is 24.5 Å². The van der Waals surface area contributed by atoms with Gasteiger partial charge in [0.2, 0.25) is 11.8 Å². The van der Waals surface area contributed by atoms with Crippen molar-refractivity contribution in [1.82, 2.24) is 15.5 Å². The van der Waals surface area contributed by atoms with E-state index in [9.17, 15) is 19.2 Å². The van der Waals surface area contributed by atoms with Crippen LogP contribution in [-0.2, 0) is 23.9 Å². The van der Waals surface area contributed by atoms with Gasteiger partial charge in [0.25, 0.3) is 5.91 Å². The van der Waals surface area contributed by atoms with E-state index < -0.39 is 24.4 Å². The number of esters is 1. The Morgan fingerprint density at radius 3 is 2.57 bits per heavy atom. The zero-order valence-electron chi connectivity index (χ0n) is 17.3. The minimum atomic E-state index is -0.539. The molecule has 2 N–H and O–H groups in total. The predicted octanol–water partition coefficient (Wildman–Crippen LogP) is 0.844. The van der Waals surface area contributed by atoms with Crippen LogP contribution in [0.1, 0.15) is 53.4 Å². The molecular weight excluding hydrogens is 362 g/mol. The first-order chi connectivity index (χ1) is 13.2. The number of rotatable bonds is 7. The van der Waals surface area contributed by atoms with E-state index in [0.29, 0.717) is 18.4 Å². The van der Waals surface area contributed by atoms with Gasteiger partial charge in [-0.2, -0.15) is 0 Å². The van der Waals surface area contributed by atoms with Crippen molar-refractivity contribution in [2.24, 2.45) is 17.8 Å². The van der Waals surface area contributed by atoms with Crippen molar-refractivity contribution in [2.75, 3.05) is 19.7 Å². The molecule has 1 aliphatic carbocycles. The molecule has 3 amide bonds. The summed E-state index contributed by atoms with van der Waals surface area (Å²) in [7, 11) is 0. The van der Waals surface area contributed by atoms with Crippen LogP contribution in [0.25, 0.3) is 0 Å². The van der Waals surface area contributed by atoms with Crippen molar-refractivity contribution >= 4 is 23.7 Å². The lowest BCUT2D eigenvalue weighted by Crippen LogP contribution is -2.45. The highest BCUT2D eigenvalue weighted by atomic mass is 16.5. The fraction of sp³-hybridized carbons (Fsp3) is 0.800. The van der Waals surface area contributed by atoms with Gasteiger partial charge in [0, 0.05) is 25.0 Å². The molecule has 0 aromatic rings. The van der Waals surface area contributed by atoms with E-state index >= 15 is 0 Å². The van der Waals surface area contributed by atoms with Crippen LogP contribution in [0.3, 0.4) is 0 Å². The summed E-state index contributed by atoms with van der Waals surface area (Å²) in [5.41, 5.74) is 0. The highest BCUT2D eigenvalue weighted by Crippen LogP contribution is 2.35. The largest absolute Gasteiger partial charge is 0.455 e. The van der Waals surface area contributed by atoms with Crippen LogP contribution in [0.2, 0.25) is 0 Å². The summed E-state index contributed by atoms with van der Waals surface area (Å²) in [4.78, 5) is 49.8. The fourth-order valence-corrected chi connectivity index (χ4v) is 4.06. The van der Waals surface area contributed by atoms with Crippen LogP contribution >= 0.6 is 0 Å². The number of amides is 3. The Balaban J connectivity index is 1.76. The van der Waals surface area contributed by atoms with Gasteiger partial charge in [-0.25, -0.2) is 0 Å². The third kappa shape index (κ3) is 5.94. The number of carbonyl (C=O) groups is 4. The zero-order chi connectivity index (χ0) is 20.8. The van der Waals surface area contributed by atoms with Gasteiger partial charge in [-0.3, -0.25) is 19.2 Å². The number of hydrogen-bond acceptors (Lipinski definition) is 5. The Morgan fingerprint density at radius 2 is 1.89 bits per heavy atom. The molecule has 0 bridgehead atoms. The van der Waals surface area contributed by atoms with Gasteiger partial charge in [-0.1, -0.05) is 26.7 Å². The van der Waals surface area contributed by atoms with Crippen LogP contribution in [-0.4, -0.2) is 60.4 Å². The third-order valence-electron chi connectivity index (χ3n) is 5.80. The Labute approximate surface area is 166 Å². The number of nitrogens with one attached hydrogen (secondary N) is 2. The lowest BCUT2D eigenvalue weighted by Gasteiger charge is -2.39. The van der Waals surface area contributed by atoms with Gasteiger partial charge in [0.15, 0.2) is 6.61 Å². The van der Waals surface area contributed by atoms with Gasteiger partial charge >= 0.3 is 5.97 Å². The molecule has 1 heterocycles. The molecule has 0 aromatic carbocycles. The molecule has 2 rings (SSSR count). The van der Waals surface area contributed by atoms with Crippen molar-refractivity contribution < 1.29 is 23.9 Å². The second-order valence-electron chi connectivity index (χ2n) is 8.39. The van der Waals surface area contributed by atoms with E-state index in [0.717, 1.165) is 12.8 Å². The first-order valence-corrected chi connectivity index (χ1v) is 10.2. The number of hydrogen-bond donors (Lipinski definition) is 2. The lowest BCUT2D eigenvalue weighted by molar-refractivity contribution is -0.152. The minimum absolute atomic E-state index is 0.0114. The van der Waals surface area contributed by atoms with Crippen LogP contribution in [0.4, 0.5) is 0 Å². The van der Waals surface area contributed by atoms with Crippen molar-refractivity contribution in [3.63, 3.8) is 0 Å². The Kier molecular flexibility index (Phi) is 7.83.